The highest BCUT2D eigenvalue weighted by Gasteiger charge is 2.25. The van der Waals surface area contributed by atoms with Crippen molar-refractivity contribution in [3.8, 4) is 0 Å². The molecule has 0 spiro atoms. The van der Waals surface area contributed by atoms with Crippen LogP contribution in [0.4, 0.5) is 0 Å². The fourth-order valence-corrected chi connectivity index (χ4v) is 8.00. The highest BCUT2D eigenvalue weighted by molar-refractivity contribution is 4.83. The summed E-state index contributed by atoms with van der Waals surface area (Å²) in [4.78, 5) is 9.90. The third kappa shape index (κ3) is 22.8. The fraction of sp³-hybridized carbons (Fsp3) is 1.00. The van der Waals surface area contributed by atoms with Gasteiger partial charge in [0.25, 0.3) is 0 Å². The van der Waals surface area contributed by atoms with Gasteiger partial charge in [0.15, 0.2) is 0 Å². The first-order chi connectivity index (χ1) is 25.5. The minimum absolute atomic E-state index is 0.294. The van der Waals surface area contributed by atoms with E-state index in [1.54, 1.807) is 7.11 Å². The van der Waals surface area contributed by atoms with Crippen LogP contribution in [0.2, 0.25) is 0 Å². The summed E-state index contributed by atoms with van der Waals surface area (Å²) in [7, 11) is 1.77. The number of hydrogen-bond acceptors (Lipinski definition) is 12. The molecule has 0 amide bonds. The van der Waals surface area contributed by atoms with E-state index < -0.39 is 0 Å². The van der Waals surface area contributed by atoms with Crippen molar-refractivity contribution in [2.24, 2.45) is 0 Å². The Balaban J connectivity index is 0.000000348. The topological polar surface area (TPSA) is 131 Å². The van der Waals surface area contributed by atoms with Crippen molar-refractivity contribution in [2.75, 3.05) is 138 Å². The van der Waals surface area contributed by atoms with E-state index in [0.29, 0.717) is 31.9 Å². The molecule has 52 heavy (non-hydrogen) atoms. The van der Waals surface area contributed by atoms with E-state index in [4.69, 9.17) is 20.1 Å². The van der Waals surface area contributed by atoms with Gasteiger partial charge in [-0.1, -0.05) is 27.7 Å². The lowest BCUT2D eigenvalue weighted by atomic mass is 10.2. The van der Waals surface area contributed by atoms with E-state index >= 15 is 0 Å². The molecule has 4 fully saturated rings. The summed E-state index contributed by atoms with van der Waals surface area (Å²) in [5, 5.41) is 39.9. The predicted octanol–water partition coefficient (Wildman–Crippen LogP) is 2.03. The van der Waals surface area contributed by atoms with Crippen molar-refractivity contribution >= 4 is 0 Å². The van der Waals surface area contributed by atoms with Crippen molar-refractivity contribution < 1.29 is 20.1 Å². The Morgan fingerprint density at radius 2 is 0.808 bits per heavy atom. The monoisotopic (exact) mass is 745 g/mol. The third-order valence-electron chi connectivity index (χ3n) is 11.0. The number of aliphatic hydroxyl groups is 3. The van der Waals surface area contributed by atoms with Gasteiger partial charge in [-0.25, -0.2) is 0 Å². The number of hydrogen-bond donors (Lipinski definition) is 7. The van der Waals surface area contributed by atoms with Crippen LogP contribution < -0.4 is 21.3 Å². The van der Waals surface area contributed by atoms with Crippen LogP contribution in [-0.2, 0) is 4.74 Å². The first-order valence-electron chi connectivity index (χ1n) is 21.6. The van der Waals surface area contributed by atoms with Crippen LogP contribution >= 0.6 is 0 Å². The Kier molecular flexibility index (Phi) is 33.3. The van der Waals surface area contributed by atoms with Crippen LogP contribution in [0.15, 0.2) is 0 Å². The van der Waals surface area contributed by atoms with Gasteiger partial charge in [0.05, 0.1) is 19.8 Å². The maximum Gasteiger partial charge on any atom is 0.0589 e. The summed E-state index contributed by atoms with van der Waals surface area (Å²) < 4.78 is 5.09. The van der Waals surface area contributed by atoms with Crippen molar-refractivity contribution in [3.63, 3.8) is 0 Å². The van der Waals surface area contributed by atoms with E-state index in [9.17, 15) is 0 Å². The average molecular weight is 745 g/mol. The summed E-state index contributed by atoms with van der Waals surface area (Å²) in [5.74, 6) is 0. The lowest BCUT2D eigenvalue weighted by molar-refractivity contribution is 0.140. The molecule has 0 aromatic rings. The second kappa shape index (κ2) is 35.0. The minimum atomic E-state index is 0.294. The number of nitrogens with one attached hydrogen (secondary N) is 4. The SMILES string of the molecule is CCNCC1CCCN1CCCCCO.CCNCC1CCCN1CCO.CCNCC1CCCN1CCOC.CCNC[C@H]1CCCN1CCO. The number of likely N-dealkylation sites (tertiary alicyclic amines) is 4. The maximum absolute atomic E-state index is 8.81. The third-order valence-corrected chi connectivity index (χ3v) is 11.0. The van der Waals surface area contributed by atoms with E-state index in [-0.39, 0.29) is 0 Å². The zero-order chi connectivity index (χ0) is 38.1. The van der Waals surface area contributed by atoms with Crippen LogP contribution in [0, 0.1) is 0 Å². The Hall–Kier alpha value is -0.480. The number of nitrogens with zero attached hydrogens (tertiary/aromatic N) is 4. The fourth-order valence-electron chi connectivity index (χ4n) is 8.00. The molecule has 0 aliphatic carbocycles. The molecule has 12 heteroatoms. The number of β-amino-alcohol motifs (C(OH)–C–C–N with tert-alkyl or cyclic N) is 2. The second-order valence-electron chi connectivity index (χ2n) is 14.8. The lowest BCUT2D eigenvalue weighted by Crippen LogP contribution is -2.39. The zero-order valence-corrected chi connectivity index (χ0v) is 34.8. The normalized spacial score (nSPS) is 24.0. The second-order valence-corrected chi connectivity index (χ2v) is 14.8. The van der Waals surface area contributed by atoms with Gasteiger partial charge in [-0.15, -0.1) is 0 Å². The molecule has 0 saturated carbocycles. The molecule has 7 N–H and O–H groups in total. The summed E-state index contributed by atoms with van der Waals surface area (Å²) in [5.41, 5.74) is 0. The summed E-state index contributed by atoms with van der Waals surface area (Å²) in [6.07, 6.45) is 13.9. The van der Waals surface area contributed by atoms with E-state index in [0.717, 1.165) is 110 Å². The molecule has 4 aliphatic rings. The van der Waals surface area contributed by atoms with Gasteiger partial charge < -0.3 is 41.3 Å². The standard InChI is InChI=1S/C12H26N2O.C10H22N2O.2C9H20N2O/c1-2-13-11-12-7-6-9-14(12)8-4-3-5-10-15;1-3-11-9-10-5-4-6-12(10)7-8-13-2;2*1-2-10-8-9-4-3-5-11(9)6-7-12/h12-13,15H,2-11H2,1H3;10-11H,3-9H2,1-2H3;2*9-10,12H,2-8H2,1H3/t;;9-;/m..1./s1. The van der Waals surface area contributed by atoms with Gasteiger partial charge in [-0.3, -0.25) is 19.6 Å². The largest absolute Gasteiger partial charge is 0.396 e. The van der Waals surface area contributed by atoms with Gasteiger partial charge in [-0.05, 0) is 130 Å². The molecular formula is C40H88N8O4. The van der Waals surface area contributed by atoms with Crippen LogP contribution in [0.25, 0.3) is 0 Å². The Morgan fingerprint density at radius 3 is 1.12 bits per heavy atom. The Bertz CT molecular complexity index is 718. The van der Waals surface area contributed by atoms with E-state index in [1.807, 2.05) is 0 Å². The van der Waals surface area contributed by atoms with Gasteiger partial charge in [0.1, 0.15) is 0 Å². The Labute approximate surface area is 321 Å². The highest BCUT2D eigenvalue weighted by atomic mass is 16.5. The van der Waals surface area contributed by atoms with Gasteiger partial charge >= 0.3 is 0 Å². The highest BCUT2D eigenvalue weighted by Crippen LogP contribution is 2.18. The smallest absolute Gasteiger partial charge is 0.0589 e. The molecule has 0 aromatic carbocycles. The number of rotatable bonds is 24. The molecule has 4 aliphatic heterocycles. The molecule has 312 valence electrons. The van der Waals surface area contributed by atoms with Crippen LogP contribution in [0.5, 0.6) is 0 Å². The van der Waals surface area contributed by atoms with Crippen LogP contribution in [-0.4, -0.2) is 197 Å². The first kappa shape index (κ1) is 49.5. The van der Waals surface area contributed by atoms with Crippen molar-refractivity contribution in [3.05, 3.63) is 0 Å². The molecule has 4 saturated heterocycles. The van der Waals surface area contributed by atoms with Gasteiger partial charge in [0.2, 0.25) is 0 Å². The maximum atomic E-state index is 8.81. The Morgan fingerprint density at radius 1 is 0.462 bits per heavy atom. The number of methoxy groups -OCH3 is 1. The molecule has 0 bridgehead atoms. The van der Waals surface area contributed by atoms with Crippen molar-refractivity contribution in [1.29, 1.82) is 0 Å². The molecule has 12 nitrogen and oxygen atoms in total. The molecular weight excluding hydrogens is 656 g/mol. The zero-order valence-electron chi connectivity index (χ0n) is 34.8. The molecule has 0 aromatic heterocycles. The quantitative estimate of drug-likeness (QED) is 0.0731. The number of ether oxygens (including phenoxy) is 1. The minimum Gasteiger partial charge on any atom is -0.396 e. The summed E-state index contributed by atoms with van der Waals surface area (Å²) in [6, 6.07) is 2.84. The number of likely N-dealkylation sites (N-methyl/N-ethyl adjacent to an activating group) is 4. The number of aliphatic hydroxyl groups excluding tert-OH is 3. The summed E-state index contributed by atoms with van der Waals surface area (Å²) in [6.45, 7) is 27.9. The van der Waals surface area contributed by atoms with Crippen molar-refractivity contribution in [2.45, 2.75) is 122 Å². The van der Waals surface area contributed by atoms with Crippen LogP contribution in [0.3, 0.4) is 0 Å². The van der Waals surface area contributed by atoms with Crippen molar-refractivity contribution in [1.82, 2.24) is 40.9 Å². The molecule has 4 atom stereocenters. The summed E-state index contributed by atoms with van der Waals surface area (Å²) >= 11 is 0. The lowest BCUT2D eigenvalue weighted by Gasteiger charge is -2.24. The molecule has 0 radical (unpaired) electrons. The average Bonchev–Trinajstić information content (AvgIpc) is 3.99. The van der Waals surface area contributed by atoms with E-state index in [2.05, 4.69) is 68.6 Å². The predicted molar refractivity (Wildman–Crippen MR) is 220 cm³/mol. The van der Waals surface area contributed by atoms with Crippen LogP contribution in [0.1, 0.15) is 98.3 Å². The molecule has 4 rings (SSSR count). The van der Waals surface area contributed by atoms with Gasteiger partial charge in [-0.2, -0.15) is 0 Å². The first-order valence-corrected chi connectivity index (χ1v) is 21.6. The number of unbranched alkanes of at least 4 members (excludes halogenated alkanes) is 2. The van der Waals surface area contributed by atoms with Gasteiger partial charge in [0, 0.05) is 83.7 Å². The molecule has 4 heterocycles. The van der Waals surface area contributed by atoms with E-state index in [1.165, 1.54) is 83.8 Å². The molecule has 3 unspecified atom stereocenters.